The first-order valence-electron chi connectivity index (χ1n) is 9.75. The highest BCUT2D eigenvalue weighted by Crippen LogP contribution is 2.29. The normalized spacial score (nSPS) is 14.7. The van der Waals surface area contributed by atoms with Gasteiger partial charge in [-0.1, -0.05) is 0 Å². The van der Waals surface area contributed by atoms with Crippen molar-refractivity contribution in [1.82, 2.24) is 24.5 Å². The summed E-state index contributed by atoms with van der Waals surface area (Å²) in [6.07, 6.45) is 8.57. The second-order valence-electron chi connectivity index (χ2n) is 7.17. The maximum absolute atomic E-state index is 12.6. The van der Waals surface area contributed by atoms with Crippen LogP contribution < -0.4 is 5.32 Å². The Bertz CT molecular complexity index is 978. The van der Waals surface area contributed by atoms with E-state index >= 15 is 0 Å². The zero-order chi connectivity index (χ0) is 20.2. The summed E-state index contributed by atoms with van der Waals surface area (Å²) in [5.41, 5.74) is 3.72. The number of hydrogen-bond acceptors (Lipinski definition) is 6. The van der Waals surface area contributed by atoms with Crippen molar-refractivity contribution in [3.05, 3.63) is 54.1 Å². The average molecular weight is 392 g/mol. The number of carbonyl (C=O) groups excluding carboxylic acids is 1. The molecule has 1 saturated heterocycles. The van der Waals surface area contributed by atoms with Crippen molar-refractivity contribution < 1.29 is 9.53 Å². The first-order valence-corrected chi connectivity index (χ1v) is 9.75. The van der Waals surface area contributed by atoms with Crippen LogP contribution in [0.25, 0.3) is 11.3 Å². The van der Waals surface area contributed by atoms with Gasteiger partial charge in [0.05, 0.1) is 17.6 Å². The Morgan fingerprint density at radius 3 is 2.69 bits per heavy atom. The third-order valence-corrected chi connectivity index (χ3v) is 5.25. The number of anilines is 1. The minimum atomic E-state index is -0.133. The Hall–Kier alpha value is -3.13. The molecule has 0 bridgehead atoms. The SMILES string of the molecule is Cc1nc(C2CCOCC2)c(C)n1CC(=O)Nc1ccc(-c2cnccn2)cn1. The maximum atomic E-state index is 12.6. The number of aromatic nitrogens is 5. The number of ether oxygens (including phenoxy) is 1. The van der Waals surface area contributed by atoms with Gasteiger partial charge in [-0.3, -0.25) is 14.8 Å². The summed E-state index contributed by atoms with van der Waals surface area (Å²) >= 11 is 0. The van der Waals surface area contributed by atoms with Gasteiger partial charge in [0.15, 0.2) is 0 Å². The number of nitrogens with zero attached hydrogens (tertiary/aromatic N) is 5. The van der Waals surface area contributed by atoms with Crippen LogP contribution in [0.2, 0.25) is 0 Å². The maximum Gasteiger partial charge on any atom is 0.245 e. The fraction of sp³-hybridized carbons (Fsp3) is 0.381. The van der Waals surface area contributed by atoms with Crippen LogP contribution in [-0.2, 0) is 16.1 Å². The van der Waals surface area contributed by atoms with Gasteiger partial charge in [0.25, 0.3) is 0 Å². The standard InChI is InChI=1S/C21H24N6O2/c1-14-21(16-5-9-29-10-6-16)25-15(2)27(14)13-20(28)26-19-4-3-17(11-24-19)18-12-22-7-8-23-18/h3-4,7-8,11-12,16H,5-6,9-10,13H2,1-2H3,(H,24,26,28). The van der Waals surface area contributed by atoms with Gasteiger partial charge in [-0.05, 0) is 38.8 Å². The summed E-state index contributed by atoms with van der Waals surface area (Å²) in [6, 6.07) is 3.63. The van der Waals surface area contributed by atoms with Crippen LogP contribution in [0, 0.1) is 13.8 Å². The third kappa shape index (κ3) is 4.32. The Morgan fingerprint density at radius 1 is 1.17 bits per heavy atom. The van der Waals surface area contributed by atoms with E-state index in [2.05, 4.69) is 20.3 Å². The van der Waals surface area contributed by atoms with Gasteiger partial charge in [-0.25, -0.2) is 9.97 Å². The molecule has 0 radical (unpaired) electrons. The molecule has 0 saturated carbocycles. The van der Waals surface area contributed by atoms with E-state index in [4.69, 9.17) is 9.72 Å². The summed E-state index contributed by atoms with van der Waals surface area (Å²) in [7, 11) is 0. The summed E-state index contributed by atoms with van der Waals surface area (Å²) in [4.78, 5) is 29.9. The molecule has 1 N–H and O–H groups in total. The molecular weight excluding hydrogens is 368 g/mol. The lowest BCUT2D eigenvalue weighted by molar-refractivity contribution is -0.116. The van der Waals surface area contributed by atoms with E-state index in [1.54, 1.807) is 30.9 Å². The molecule has 3 aromatic rings. The zero-order valence-electron chi connectivity index (χ0n) is 16.6. The molecule has 3 aromatic heterocycles. The smallest absolute Gasteiger partial charge is 0.245 e. The Labute approximate surface area is 169 Å². The summed E-state index contributed by atoms with van der Waals surface area (Å²) in [5.74, 6) is 1.63. The fourth-order valence-electron chi connectivity index (χ4n) is 3.68. The lowest BCUT2D eigenvalue weighted by atomic mass is 9.95. The predicted octanol–water partition coefficient (Wildman–Crippen LogP) is 2.88. The van der Waals surface area contributed by atoms with Crippen molar-refractivity contribution in [3.63, 3.8) is 0 Å². The van der Waals surface area contributed by atoms with E-state index in [0.717, 1.165) is 54.5 Å². The minimum Gasteiger partial charge on any atom is -0.381 e. The number of aryl methyl sites for hydroxylation is 1. The van der Waals surface area contributed by atoms with Crippen LogP contribution in [-0.4, -0.2) is 43.6 Å². The van der Waals surface area contributed by atoms with E-state index in [-0.39, 0.29) is 12.5 Å². The Balaban J connectivity index is 1.43. The number of amides is 1. The van der Waals surface area contributed by atoms with Crippen molar-refractivity contribution in [2.75, 3.05) is 18.5 Å². The second kappa shape index (κ2) is 8.48. The summed E-state index contributed by atoms with van der Waals surface area (Å²) in [5, 5.41) is 2.86. The van der Waals surface area contributed by atoms with Crippen LogP contribution in [0.5, 0.6) is 0 Å². The monoisotopic (exact) mass is 392 g/mol. The highest BCUT2D eigenvalue weighted by Gasteiger charge is 2.23. The van der Waals surface area contributed by atoms with Crippen LogP contribution in [0.3, 0.4) is 0 Å². The molecule has 0 aromatic carbocycles. The van der Waals surface area contributed by atoms with Gasteiger partial charge < -0.3 is 14.6 Å². The number of rotatable bonds is 5. The molecule has 0 unspecified atom stereocenters. The summed E-state index contributed by atoms with van der Waals surface area (Å²) in [6.45, 7) is 5.73. The molecule has 0 aliphatic carbocycles. The van der Waals surface area contributed by atoms with Gasteiger partial charge in [0.1, 0.15) is 18.2 Å². The van der Waals surface area contributed by atoms with Crippen LogP contribution in [0.15, 0.2) is 36.9 Å². The van der Waals surface area contributed by atoms with Crippen molar-refractivity contribution in [2.45, 2.75) is 39.2 Å². The van der Waals surface area contributed by atoms with E-state index in [9.17, 15) is 4.79 Å². The number of imidazole rings is 1. The molecule has 29 heavy (non-hydrogen) atoms. The third-order valence-electron chi connectivity index (χ3n) is 5.25. The molecule has 1 aliphatic heterocycles. The van der Waals surface area contributed by atoms with E-state index in [1.165, 1.54) is 0 Å². The first kappa shape index (κ1) is 19.2. The number of hydrogen-bond donors (Lipinski definition) is 1. The van der Waals surface area contributed by atoms with Crippen molar-refractivity contribution in [2.24, 2.45) is 0 Å². The van der Waals surface area contributed by atoms with Crippen LogP contribution >= 0.6 is 0 Å². The number of carbonyl (C=O) groups is 1. The molecule has 0 atom stereocenters. The van der Waals surface area contributed by atoms with Gasteiger partial charge >= 0.3 is 0 Å². The van der Waals surface area contributed by atoms with Crippen LogP contribution in [0.1, 0.15) is 36.0 Å². The van der Waals surface area contributed by atoms with E-state index < -0.39 is 0 Å². The fourth-order valence-corrected chi connectivity index (χ4v) is 3.68. The van der Waals surface area contributed by atoms with Gasteiger partial charge in [0.2, 0.25) is 5.91 Å². The predicted molar refractivity (Wildman–Crippen MR) is 108 cm³/mol. The quantitative estimate of drug-likeness (QED) is 0.717. The summed E-state index contributed by atoms with van der Waals surface area (Å²) < 4.78 is 7.42. The highest BCUT2D eigenvalue weighted by molar-refractivity contribution is 5.89. The van der Waals surface area contributed by atoms with Gasteiger partial charge in [-0.15, -0.1) is 0 Å². The molecular formula is C21H24N6O2. The van der Waals surface area contributed by atoms with Crippen molar-refractivity contribution >= 4 is 11.7 Å². The molecule has 4 rings (SSSR count). The zero-order valence-corrected chi connectivity index (χ0v) is 16.6. The largest absolute Gasteiger partial charge is 0.381 e. The topological polar surface area (TPSA) is 94.8 Å². The van der Waals surface area contributed by atoms with Crippen molar-refractivity contribution in [3.8, 4) is 11.3 Å². The molecule has 1 fully saturated rings. The van der Waals surface area contributed by atoms with E-state index in [1.807, 2.05) is 24.5 Å². The molecule has 8 heteroatoms. The van der Waals surface area contributed by atoms with Gasteiger partial charge in [0, 0.05) is 49.0 Å². The molecule has 8 nitrogen and oxygen atoms in total. The molecule has 4 heterocycles. The number of nitrogens with one attached hydrogen (secondary N) is 1. The van der Waals surface area contributed by atoms with Gasteiger partial charge in [-0.2, -0.15) is 0 Å². The lowest BCUT2D eigenvalue weighted by Gasteiger charge is -2.21. The Kier molecular flexibility index (Phi) is 5.62. The molecule has 1 amide bonds. The highest BCUT2D eigenvalue weighted by atomic mass is 16.5. The van der Waals surface area contributed by atoms with Crippen LogP contribution in [0.4, 0.5) is 5.82 Å². The number of pyridine rings is 1. The molecule has 150 valence electrons. The average Bonchev–Trinajstić information content (AvgIpc) is 3.04. The van der Waals surface area contributed by atoms with Crippen molar-refractivity contribution in [1.29, 1.82) is 0 Å². The molecule has 1 aliphatic rings. The Morgan fingerprint density at radius 2 is 2.00 bits per heavy atom. The first-order chi connectivity index (χ1) is 14.1. The molecule has 0 spiro atoms. The van der Waals surface area contributed by atoms with E-state index in [0.29, 0.717) is 11.7 Å². The minimum absolute atomic E-state index is 0.133. The lowest BCUT2D eigenvalue weighted by Crippen LogP contribution is -2.21. The second-order valence-corrected chi connectivity index (χ2v) is 7.17.